The van der Waals surface area contributed by atoms with Crippen molar-refractivity contribution in [1.29, 1.82) is 0 Å². The first-order chi connectivity index (χ1) is 12.0. The van der Waals surface area contributed by atoms with E-state index in [1.54, 1.807) is 12.3 Å². The third-order valence-electron chi connectivity index (χ3n) is 5.31. The summed E-state index contributed by atoms with van der Waals surface area (Å²) in [6.07, 6.45) is 8.08. The Labute approximate surface area is 149 Å². The Balaban J connectivity index is 1.52. The summed E-state index contributed by atoms with van der Waals surface area (Å²) in [6, 6.07) is 5.77. The third kappa shape index (κ3) is 4.78. The van der Waals surface area contributed by atoms with Crippen LogP contribution in [-0.2, 0) is 9.59 Å². The number of piperidine rings is 1. The predicted octanol–water partition coefficient (Wildman–Crippen LogP) is 2.18. The van der Waals surface area contributed by atoms with E-state index < -0.39 is 5.41 Å². The lowest BCUT2D eigenvalue weighted by Crippen LogP contribution is -2.53. The molecule has 2 heterocycles. The van der Waals surface area contributed by atoms with Crippen LogP contribution in [0.4, 0.5) is 5.82 Å². The van der Waals surface area contributed by atoms with E-state index in [1.807, 2.05) is 19.1 Å². The number of rotatable bonds is 5. The summed E-state index contributed by atoms with van der Waals surface area (Å²) in [7, 11) is 0. The first-order valence-corrected chi connectivity index (χ1v) is 9.29. The molecule has 1 atom stereocenters. The number of anilines is 1. The predicted molar refractivity (Wildman–Crippen MR) is 97.0 cm³/mol. The maximum Gasteiger partial charge on any atom is 0.239 e. The maximum atomic E-state index is 12.7. The molecule has 6 heteroatoms. The summed E-state index contributed by atoms with van der Waals surface area (Å²) >= 11 is 0. The van der Waals surface area contributed by atoms with Crippen molar-refractivity contribution in [1.82, 2.24) is 15.2 Å². The number of aromatic nitrogens is 1. The smallest absolute Gasteiger partial charge is 0.239 e. The average Bonchev–Trinajstić information content (AvgIpc) is 3.08. The molecule has 1 saturated carbocycles. The van der Waals surface area contributed by atoms with Crippen molar-refractivity contribution < 1.29 is 9.59 Å². The van der Waals surface area contributed by atoms with Crippen LogP contribution in [0.1, 0.15) is 45.4 Å². The molecular weight excluding hydrogens is 316 g/mol. The highest BCUT2D eigenvalue weighted by Crippen LogP contribution is 2.30. The number of hydrogen-bond acceptors (Lipinski definition) is 4. The van der Waals surface area contributed by atoms with Crippen LogP contribution >= 0.6 is 0 Å². The van der Waals surface area contributed by atoms with Crippen molar-refractivity contribution in [3.05, 3.63) is 24.4 Å². The number of hydrogen-bond donors (Lipinski definition) is 2. The second kappa shape index (κ2) is 7.95. The molecule has 1 saturated heterocycles. The number of amides is 2. The van der Waals surface area contributed by atoms with Gasteiger partial charge in [-0.3, -0.25) is 14.5 Å². The van der Waals surface area contributed by atoms with Crippen molar-refractivity contribution >= 4 is 17.6 Å². The molecule has 1 aromatic rings. The Bertz CT molecular complexity index is 601. The van der Waals surface area contributed by atoms with Gasteiger partial charge in [0.05, 0.1) is 12.0 Å². The normalized spacial score (nSPS) is 24.8. The molecule has 1 aliphatic heterocycles. The fraction of sp³-hybridized carbons (Fsp3) is 0.632. The fourth-order valence-electron chi connectivity index (χ4n) is 3.92. The first-order valence-electron chi connectivity index (χ1n) is 9.29. The molecule has 0 spiro atoms. The van der Waals surface area contributed by atoms with Crippen LogP contribution in [0.15, 0.2) is 24.4 Å². The minimum absolute atomic E-state index is 0.0841. The Hall–Kier alpha value is -1.95. The SMILES string of the molecule is CC1(C(=O)NC2CCCC2)CCCN(CC(=O)Nc2ccccn2)C1. The standard InChI is InChI=1S/C19H28N4O2/c1-19(18(25)21-15-7-2-3-8-15)10-6-12-23(14-19)13-17(24)22-16-9-4-5-11-20-16/h4-5,9,11,15H,2-3,6-8,10,12-14H2,1H3,(H,21,25)(H,20,22,24). The fourth-order valence-corrected chi connectivity index (χ4v) is 3.92. The van der Waals surface area contributed by atoms with Crippen molar-refractivity contribution in [2.24, 2.45) is 5.41 Å². The van der Waals surface area contributed by atoms with Crippen LogP contribution in [0, 0.1) is 5.41 Å². The van der Waals surface area contributed by atoms with Gasteiger partial charge in [0, 0.05) is 18.8 Å². The van der Waals surface area contributed by atoms with Gasteiger partial charge in [-0.15, -0.1) is 0 Å². The van der Waals surface area contributed by atoms with Crippen LogP contribution in [0.5, 0.6) is 0 Å². The molecule has 2 fully saturated rings. The zero-order valence-corrected chi connectivity index (χ0v) is 15.0. The Kier molecular flexibility index (Phi) is 5.68. The van der Waals surface area contributed by atoms with E-state index in [0.29, 0.717) is 24.9 Å². The second-order valence-electron chi connectivity index (χ2n) is 7.59. The van der Waals surface area contributed by atoms with Gasteiger partial charge in [-0.25, -0.2) is 4.98 Å². The molecule has 25 heavy (non-hydrogen) atoms. The zero-order chi connectivity index (χ0) is 17.7. The lowest BCUT2D eigenvalue weighted by molar-refractivity contribution is -0.135. The Morgan fingerprint density at radius 1 is 1.28 bits per heavy atom. The highest BCUT2D eigenvalue weighted by molar-refractivity contribution is 5.91. The van der Waals surface area contributed by atoms with Gasteiger partial charge in [0.15, 0.2) is 0 Å². The van der Waals surface area contributed by atoms with Gasteiger partial charge >= 0.3 is 0 Å². The number of nitrogens with zero attached hydrogens (tertiary/aromatic N) is 2. The number of carbonyl (C=O) groups excluding carboxylic acids is 2. The van der Waals surface area contributed by atoms with E-state index in [2.05, 4.69) is 20.5 Å². The van der Waals surface area contributed by atoms with E-state index in [1.165, 1.54) is 12.8 Å². The summed E-state index contributed by atoms with van der Waals surface area (Å²) in [5.74, 6) is 0.625. The zero-order valence-electron chi connectivity index (χ0n) is 15.0. The molecule has 1 aromatic heterocycles. The van der Waals surface area contributed by atoms with Gasteiger partial charge in [-0.2, -0.15) is 0 Å². The highest BCUT2D eigenvalue weighted by Gasteiger charge is 2.39. The molecule has 2 amide bonds. The minimum atomic E-state index is -0.411. The molecule has 0 radical (unpaired) electrons. The number of pyridine rings is 1. The summed E-state index contributed by atoms with van der Waals surface area (Å²) in [5, 5.41) is 6.04. The van der Waals surface area contributed by atoms with Crippen LogP contribution < -0.4 is 10.6 Å². The van der Waals surface area contributed by atoms with Crippen molar-refractivity contribution in [2.75, 3.05) is 25.0 Å². The van der Waals surface area contributed by atoms with E-state index >= 15 is 0 Å². The molecule has 3 rings (SSSR count). The molecule has 0 bridgehead atoms. The van der Waals surface area contributed by atoms with Crippen LogP contribution in [0.25, 0.3) is 0 Å². The molecule has 1 aliphatic carbocycles. The third-order valence-corrected chi connectivity index (χ3v) is 5.31. The molecule has 6 nitrogen and oxygen atoms in total. The average molecular weight is 344 g/mol. The molecule has 136 valence electrons. The minimum Gasteiger partial charge on any atom is -0.353 e. The van der Waals surface area contributed by atoms with Gasteiger partial charge in [0.1, 0.15) is 5.82 Å². The van der Waals surface area contributed by atoms with Gasteiger partial charge in [0.25, 0.3) is 0 Å². The monoisotopic (exact) mass is 344 g/mol. The number of carbonyl (C=O) groups is 2. The van der Waals surface area contributed by atoms with Gasteiger partial charge in [-0.1, -0.05) is 18.9 Å². The molecule has 0 aromatic carbocycles. The van der Waals surface area contributed by atoms with Gasteiger partial charge in [0.2, 0.25) is 11.8 Å². The summed E-state index contributed by atoms with van der Waals surface area (Å²) in [5.41, 5.74) is -0.411. The van der Waals surface area contributed by atoms with Gasteiger partial charge in [-0.05, 0) is 51.3 Å². The molecule has 2 aliphatic rings. The van der Waals surface area contributed by atoms with Crippen molar-refractivity contribution in [2.45, 2.75) is 51.5 Å². The van der Waals surface area contributed by atoms with Crippen molar-refractivity contribution in [3.8, 4) is 0 Å². The quantitative estimate of drug-likeness (QED) is 0.859. The van der Waals surface area contributed by atoms with E-state index in [0.717, 1.165) is 32.2 Å². The molecular formula is C19H28N4O2. The van der Waals surface area contributed by atoms with E-state index in [9.17, 15) is 9.59 Å². The lowest BCUT2D eigenvalue weighted by Gasteiger charge is -2.39. The summed E-state index contributed by atoms with van der Waals surface area (Å²) in [6.45, 7) is 3.80. The summed E-state index contributed by atoms with van der Waals surface area (Å²) < 4.78 is 0. The van der Waals surface area contributed by atoms with E-state index in [4.69, 9.17) is 0 Å². The van der Waals surface area contributed by atoms with Crippen LogP contribution in [0.2, 0.25) is 0 Å². The Morgan fingerprint density at radius 2 is 2.08 bits per heavy atom. The first kappa shape index (κ1) is 17.9. The highest BCUT2D eigenvalue weighted by atomic mass is 16.2. The molecule has 2 N–H and O–H groups in total. The van der Waals surface area contributed by atoms with Crippen LogP contribution in [0.3, 0.4) is 0 Å². The van der Waals surface area contributed by atoms with Gasteiger partial charge < -0.3 is 10.6 Å². The largest absolute Gasteiger partial charge is 0.353 e. The van der Waals surface area contributed by atoms with Crippen molar-refractivity contribution in [3.63, 3.8) is 0 Å². The number of nitrogens with one attached hydrogen (secondary N) is 2. The topological polar surface area (TPSA) is 74.3 Å². The maximum absolute atomic E-state index is 12.7. The molecule has 1 unspecified atom stereocenters. The van der Waals surface area contributed by atoms with Crippen LogP contribution in [-0.4, -0.2) is 47.4 Å². The Morgan fingerprint density at radius 3 is 2.80 bits per heavy atom. The lowest BCUT2D eigenvalue weighted by atomic mass is 9.80. The summed E-state index contributed by atoms with van der Waals surface area (Å²) in [4.78, 5) is 31.2. The van der Waals surface area contributed by atoms with E-state index in [-0.39, 0.29) is 11.8 Å². The second-order valence-corrected chi connectivity index (χ2v) is 7.59. The number of likely N-dealkylation sites (tertiary alicyclic amines) is 1.